The first-order valence-electron chi connectivity index (χ1n) is 6.29. The Hall–Kier alpha value is -1.62. The lowest BCUT2D eigenvalue weighted by atomic mass is 10.2. The van der Waals surface area contributed by atoms with E-state index in [0.29, 0.717) is 11.2 Å². The minimum Gasteiger partial charge on any atom is -0.390 e. The number of nitrogen functional groups attached to an aromatic ring is 1. The summed E-state index contributed by atoms with van der Waals surface area (Å²) < 4.78 is 18.0. The topological polar surface area (TPSA) is 177 Å². The number of nitrogens with zero attached hydrogens (tertiary/aromatic N) is 4. The lowest BCUT2D eigenvalue weighted by Crippen LogP contribution is -2.34. The monoisotopic (exact) mass is 331 g/mol. The number of anilines is 1. The van der Waals surface area contributed by atoms with Crippen LogP contribution in [-0.4, -0.2) is 57.6 Å². The first kappa shape index (κ1) is 15.3. The molecular weight excluding hydrogens is 317 g/mol. The molecule has 3 rings (SSSR count). The van der Waals surface area contributed by atoms with Crippen LogP contribution in [0.3, 0.4) is 0 Å². The van der Waals surface area contributed by atoms with Gasteiger partial charge in [-0.15, -0.1) is 0 Å². The maximum absolute atomic E-state index is 11.1. The van der Waals surface area contributed by atoms with E-state index in [-0.39, 0.29) is 12.2 Å². The molecule has 0 amide bonds. The third-order valence-electron chi connectivity index (χ3n) is 3.47. The number of aliphatic hydroxyl groups is 2. The molecule has 3 heterocycles. The van der Waals surface area contributed by atoms with Crippen molar-refractivity contribution in [3.63, 3.8) is 0 Å². The van der Waals surface area contributed by atoms with Crippen molar-refractivity contribution in [1.82, 2.24) is 19.5 Å². The van der Waals surface area contributed by atoms with Gasteiger partial charge in [-0.05, 0) is 0 Å². The molecule has 1 aliphatic rings. The van der Waals surface area contributed by atoms with Gasteiger partial charge in [-0.3, -0.25) is 9.13 Å². The lowest BCUT2D eigenvalue weighted by molar-refractivity contribution is -0.0622. The summed E-state index contributed by atoms with van der Waals surface area (Å²) in [5.41, 5.74) is 6.37. The number of aromatic nitrogens is 4. The standard InChI is InChI=1S/C10H14N5O6P/c11-8-6-9(13-2-12-8)15(3-14-6)5-1-4(16)7(21-5)10(17)22(18,19)20/h2-5,7,10,16-17H,1H2,(H2,11,12,13)(H2,18,19,20)/t4-,5+,7-,10-/m0/s1. The molecule has 12 heteroatoms. The summed E-state index contributed by atoms with van der Waals surface area (Å²) in [6, 6.07) is 0. The van der Waals surface area contributed by atoms with Crippen LogP contribution in [0.5, 0.6) is 0 Å². The molecule has 0 saturated carbocycles. The molecule has 11 nitrogen and oxygen atoms in total. The van der Waals surface area contributed by atoms with Crippen LogP contribution in [0.15, 0.2) is 12.7 Å². The van der Waals surface area contributed by atoms with Gasteiger partial charge in [-0.25, -0.2) is 15.0 Å². The van der Waals surface area contributed by atoms with Gasteiger partial charge in [0.25, 0.3) is 0 Å². The van der Waals surface area contributed by atoms with Gasteiger partial charge in [0.15, 0.2) is 17.3 Å². The van der Waals surface area contributed by atoms with E-state index in [2.05, 4.69) is 15.0 Å². The zero-order valence-corrected chi connectivity index (χ0v) is 12.0. The Morgan fingerprint density at radius 3 is 2.82 bits per heavy atom. The Morgan fingerprint density at radius 1 is 1.41 bits per heavy atom. The zero-order chi connectivity index (χ0) is 16.1. The Balaban J connectivity index is 1.91. The first-order chi connectivity index (χ1) is 10.3. The van der Waals surface area contributed by atoms with Crippen LogP contribution < -0.4 is 5.73 Å². The highest BCUT2D eigenvalue weighted by Gasteiger charge is 2.46. The van der Waals surface area contributed by atoms with Gasteiger partial charge in [0.1, 0.15) is 24.2 Å². The van der Waals surface area contributed by atoms with E-state index < -0.39 is 31.9 Å². The minimum absolute atomic E-state index is 0.0110. The van der Waals surface area contributed by atoms with E-state index in [4.69, 9.17) is 20.3 Å². The van der Waals surface area contributed by atoms with Crippen LogP contribution >= 0.6 is 7.60 Å². The van der Waals surface area contributed by atoms with Crippen molar-refractivity contribution in [2.75, 3.05) is 5.73 Å². The zero-order valence-electron chi connectivity index (χ0n) is 11.1. The normalized spacial score (nSPS) is 27.4. The van der Waals surface area contributed by atoms with Gasteiger partial charge in [0.2, 0.25) is 0 Å². The van der Waals surface area contributed by atoms with Crippen LogP contribution in [0.2, 0.25) is 0 Å². The molecule has 0 spiro atoms. The highest BCUT2D eigenvalue weighted by Crippen LogP contribution is 2.46. The second-order valence-electron chi connectivity index (χ2n) is 4.94. The highest BCUT2D eigenvalue weighted by atomic mass is 31.2. The van der Waals surface area contributed by atoms with Crippen LogP contribution in [0.4, 0.5) is 5.82 Å². The fraction of sp³-hybridized carbons (Fsp3) is 0.500. The van der Waals surface area contributed by atoms with Gasteiger partial charge in [0, 0.05) is 6.42 Å². The molecule has 0 bridgehead atoms. The van der Waals surface area contributed by atoms with Crippen molar-refractivity contribution in [3.05, 3.63) is 12.7 Å². The van der Waals surface area contributed by atoms with Crippen LogP contribution in [0.1, 0.15) is 12.6 Å². The van der Waals surface area contributed by atoms with Crippen LogP contribution in [0, 0.1) is 0 Å². The maximum Gasteiger partial charge on any atom is 0.356 e. The predicted octanol–water partition coefficient (Wildman–Crippen LogP) is -1.45. The van der Waals surface area contributed by atoms with E-state index in [9.17, 15) is 14.8 Å². The molecule has 1 aliphatic heterocycles. The molecule has 2 aromatic rings. The molecule has 4 atom stereocenters. The first-order valence-corrected chi connectivity index (χ1v) is 7.97. The van der Waals surface area contributed by atoms with Crippen molar-refractivity contribution >= 4 is 24.6 Å². The number of aliphatic hydroxyl groups excluding tert-OH is 2. The third kappa shape index (κ3) is 2.47. The summed E-state index contributed by atoms with van der Waals surface area (Å²) in [7, 11) is -4.80. The van der Waals surface area contributed by atoms with Crippen molar-refractivity contribution < 1.29 is 29.3 Å². The SMILES string of the molecule is Nc1ncnc2c1ncn2[C@H]1C[C@H](O)[C@@H]([C@@H](O)P(=O)(O)O)O1. The van der Waals surface area contributed by atoms with Gasteiger partial charge in [0.05, 0.1) is 12.4 Å². The van der Waals surface area contributed by atoms with Gasteiger partial charge >= 0.3 is 7.60 Å². The number of ether oxygens (including phenoxy) is 1. The molecule has 2 aromatic heterocycles. The fourth-order valence-corrected chi connectivity index (χ4v) is 3.04. The second kappa shape index (κ2) is 5.23. The summed E-state index contributed by atoms with van der Waals surface area (Å²) in [6.07, 6.45) is -0.827. The van der Waals surface area contributed by atoms with Gasteiger partial charge in [-0.1, -0.05) is 0 Å². The Labute approximate surface area is 123 Å². The Morgan fingerprint density at radius 2 is 2.14 bits per heavy atom. The average Bonchev–Trinajstić information content (AvgIpc) is 3.01. The number of hydrogen-bond donors (Lipinski definition) is 5. The summed E-state index contributed by atoms with van der Waals surface area (Å²) in [4.78, 5) is 29.9. The second-order valence-corrected chi connectivity index (χ2v) is 6.65. The number of nitrogens with two attached hydrogens (primary N) is 1. The number of hydrogen-bond acceptors (Lipinski definition) is 8. The molecule has 0 unspecified atom stereocenters. The van der Waals surface area contributed by atoms with Crippen molar-refractivity contribution in [2.24, 2.45) is 0 Å². The molecule has 0 aliphatic carbocycles. The molecule has 0 radical (unpaired) electrons. The van der Waals surface area contributed by atoms with E-state index in [0.717, 1.165) is 0 Å². The molecule has 6 N–H and O–H groups in total. The highest BCUT2D eigenvalue weighted by molar-refractivity contribution is 7.52. The maximum atomic E-state index is 11.1. The van der Waals surface area contributed by atoms with Crippen molar-refractivity contribution in [3.8, 4) is 0 Å². The summed E-state index contributed by atoms with van der Waals surface area (Å²) in [5.74, 6) is -1.93. The van der Waals surface area contributed by atoms with Crippen molar-refractivity contribution in [1.29, 1.82) is 0 Å². The average molecular weight is 331 g/mol. The van der Waals surface area contributed by atoms with Crippen LogP contribution in [0.25, 0.3) is 11.2 Å². The van der Waals surface area contributed by atoms with Gasteiger partial charge < -0.3 is 30.5 Å². The van der Waals surface area contributed by atoms with Crippen LogP contribution in [-0.2, 0) is 9.30 Å². The van der Waals surface area contributed by atoms with E-state index in [1.165, 1.54) is 17.2 Å². The minimum atomic E-state index is -4.80. The smallest absolute Gasteiger partial charge is 0.356 e. The van der Waals surface area contributed by atoms with E-state index >= 15 is 0 Å². The van der Waals surface area contributed by atoms with Gasteiger partial charge in [-0.2, -0.15) is 0 Å². The fourth-order valence-electron chi connectivity index (χ4n) is 2.39. The van der Waals surface area contributed by atoms with E-state index in [1.807, 2.05) is 0 Å². The summed E-state index contributed by atoms with van der Waals surface area (Å²) in [6.45, 7) is 0. The molecule has 22 heavy (non-hydrogen) atoms. The Bertz CT molecular complexity index is 746. The Kier molecular flexibility index (Phi) is 3.63. The molecular formula is C10H14N5O6P. The summed E-state index contributed by atoms with van der Waals surface area (Å²) in [5, 5.41) is 19.5. The third-order valence-corrected chi connectivity index (χ3v) is 4.46. The number of fused-ring (bicyclic) bond motifs is 1. The molecule has 120 valence electrons. The number of imidazole rings is 1. The molecule has 1 fully saturated rings. The summed E-state index contributed by atoms with van der Waals surface area (Å²) >= 11 is 0. The van der Waals surface area contributed by atoms with Crippen molar-refractivity contribution in [2.45, 2.75) is 30.7 Å². The predicted molar refractivity (Wildman–Crippen MR) is 72.3 cm³/mol. The largest absolute Gasteiger partial charge is 0.390 e. The molecule has 0 aromatic carbocycles. The lowest BCUT2D eigenvalue weighted by Gasteiger charge is -2.21. The number of rotatable bonds is 3. The molecule has 1 saturated heterocycles. The quantitative estimate of drug-likeness (QED) is 0.418. The van der Waals surface area contributed by atoms with E-state index in [1.54, 1.807) is 0 Å².